The summed E-state index contributed by atoms with van der Waals surface area (Å²) in [7, 11) is 0. The zero-order valence-corrected chi connectivity index (χ0v) is 7.50. The summed E-state index contributed by atoms with van der Waals surface area (Å²) in [4.78, 5) is 0. The normalized spacial score (nSPS) is 23.3. The molecule has 0 aromatic heterocycles. The minimum Gasteiger partial charge on any atom is -0.269 e. The van der Waals surface area contributed by atoms with Gasteiger partial charge in [0.15, 0.2) is 0 Å². The fraction of sp³-hybridized carbons (Fsp3) is 0.500. The van der Waals surface area contributed by atoms with E-state index in [0.717, 1.165) is 0 Å². The Morgan fingerprint density at radius 3 is 2.56 bits per heavy atom. The first-order valence-corrected chi connectivity index (χ1v) is 3.10. The van der Waals surface area contributed by atoms with Crippen LogP contribution in [-0.2, 0) is 21.7 Å². The third kappa shape index (κ3) is 2.51. The summed E-state index contributed by atoms with van der Waals surface area (Å²) in [5.74, 6) is 0.606. The molecule has 48 valence electrons. The Hall–Kier alpha value is 0.194. The molecule has 0 aliphatic heterocycles. The van der Waals surface area contributed by atoms with E-state index in [9.17, 15) is 0 Å². The minimum absolute atomic E-state index is 0. The molecule has 0 aromatic rings. The molecule has 1 heteroatoms. The van der Waals surface area contributed by atoms with Crippen LogP contribution in [-0.4, -0.2) is 0 Å². The average molecular weight is 155 g/mol. The van der Waals surface area contributed by atoms with E-state index in [1.807, 2.05) is 0 Å². The van der Waals surface area contributed by atoms with Gasteiger partial charge in [-0.05, 0) is 0 Å². The zero-order chi connectivity index (χ0) is 5.98. The van der Waals surface area contributed by atoms with Gasteiger partial charge < -0.3 is 0 Å². The first-order chi connectivity index (χ1) is 3.83. The molecule has 1 atom stereocenters. The van der Waals surface area contributed by atoms with E-state index >= 15 is 0 Å². The fourth-order valence-electron chi connectivity index (χ4n) is 0.888. The van der Waals surface area contributed by atoms with Crippen LogP contribution >= 0.6 is 0 Å². The van der Waals surface area contributed by atoms with E-state index in [-0.39, 0.29) is 21.7 Å². The maximum absolute atomic E-state index is 3.24. The van der Waals surface area contributed by atoms with Gasteiger partial charge >= 0.3 is 0 Å². The maximum atomic E-state index is 3.24. The Kier molecular flexibility index (Phi) is 4.17. The van der Waals surface area contributed by atoms with Gasteiger partial charge in [0.1, 0.15) is 0 Å². The van der Waals surface area contributed by atoms with E-state index in [0.29, 0.717) is 5.92 Å². The summed E-state index contributed by atoms with van der Waals surface area (Å²) in [6.07, 6.45) is 8.74. The molecule has 0 fully saturated rings. The fourth-order valence-corrected chi connectivity index (χ4v) is 0.888. The zero-order valence-electron chi connectivity index (χ0n) is 5.94. The van der Waals surface area contributed by atoms with Crippen LogP contribution in [0.1, 0.15) is 20.3 Å². The van der Waals surface area contributed by atoms with Crippen molar-refractivity contribution >= 4 is 0 Å². The van der Waals surface area contributed by atoms with E-state index in [1.54, 1.807) is 0 Å². The molecule has 0 saturated carbocycles. The van der Waals surface area contributed by atoms with Gasteiger partial charge in [-0.1, -0.05) is 19.3 Å². The number of hydrogen-bond acceptors (Lipinski definition) is 0. The first kappa shape index (κ1) is 9.19. The van der Waals surface area contributed by atoms with Crippen LogP contribution in [0.5, 0.6) is 0 Å². The van der Waals surface area contributed by atoms with Crippen molar-refractivity contribution in [1.29, 1.82) is 0 Å². The largest absolute Gasteiger partial charge is 0.269 e. The van der Waals surface area contributed by atoms with Crippen molar-refractivity contribution in [2.45, 2.75) is 20.3 Å². The van der Waals surface area contributed by atoms with Crippen molar-refractivity contribution in [3.05, 3.63) is 23.8 Å². The molecule has 1 aliphatic rings. The predicted octanol–water partition coefficient (Wildman–Crippen LogP) is 2.33. The van der Waals surface area contributed by atoms with E-state index < -0.39 is 0 Å². The van der Waals surface area contributed by atoms with E-state index in [2.05, 4.69) is 32.1 Å². The third-order valence-corrected chi connectivity index (χ3v) is 1.43. The van der Waals surface area contributed by atoms with Crippen molar-refractivity contribution < 1.29 is 21.7 Å². The molecule has 0 amide bonds. The van der Waals surface area contributed by atoms with Crippen LogP contribution in [0.4, 0.5) is 0 Å². The molecule has 9 heavy (non-hydrogen) atoms. The number of rotatable bonds is 1. The molecule has 0 heterocycles. The molecule has 0 aromatic carbocycles. The predicted molar refractivity (Wildman–Crippen MR) is 35.4 cm³/mol. The summed E-state index contributed by atoms with van der Waals surface area (Å²) in [5, 5.41) is 0. The number of allylic oxidation sites excluding steroid dienone is 4. The Balaban J connectivity index is 0.000000640. The molecule has 0 saturated heterocycles. The van der Waals surface area contributed by atoms with E-state index in [1.165, 1.54) is 12.0 Å². The molecule has 0 bridgehead atoms. The van der Waals surface area contributed by atoms with Crippen molar-refractivity contribution in [3.8, 4) is 0 Å². The molecule has 0 spiro atoms. The quantitative estimate of drug-likeness (QED) is 0.402. The van der Waals surface area contributed by atoms with Crippen LogP contribution < -0.4 is 0 Å². The first-order valence-electron chi connectivity index (χ1n) is 3.10. The molecule has 0 nitrogen and oxygen atoms in total. The van der Waals surface area contributed by atoms with Gasteiger partial charge in [0.05, 0.1) is 0 Å². The summed E-state index contributed by atoms with van der Waals surface area (Å²) in [6.45, 7) is 4.29. The Morgan fingerprint density at radius 2 is 2.33 bits per heavy atom. The van der Waals surface area contributed by atoms with Gasteiger partial charge in [-0.2, -0.15) is 6.08 Å². The summed E-state index contributed by atoms with van der Waals surface area (Å²) >= 11 is 0. The van der Waals surface area contributed by atoms with Gasteiger partial charge in [0, 0.05) is 21.7 Å². The number of hydrogen-bond donors (Lipinski definition) is 0. The van der Waals surface area contributed by atoms with Crippen LogP contribution in [0.3, 0.4) is 0 Å². The van der Waals surface area contributed by atoms with Gasteiger partial charge in [-0.15, -0.1) is 6.92 Å². The second-order valence-corrected chi connectivity index (χ2v) is 2.24. The molecule has 1 unspecified atom stereocenters. The maximum Gasteiger partial charge on any atom is 0 e. The van der Waals surface area contributed by atoms with Crippen LogP contribution in [0.15, 0.2) is 17.7 Å². The molecule has 1 aliphatic carbocycles. The monoisotopic (exact) mass is 155 g/mol. The van der Waals surface area contributed by atoms with Gasteiger partial charge in [0.2, 0.25) is 0 Å². The summed E-state index contributed by atoms with van der Waals surface area (Å²) in [5.41, 5.74) is 1.36. The van der Waals surface area contributed by atoms with Crippen molar-refractivity contribution in [2.24, 2.45) is 5.92 Å². The second kappa shape index (κ2) is 4.08. The molecular weight excluding hydrogens is 144 g/mol. The standard InChI is InChI=1S/C8H11.Ti/c1-3-8-5-4-7(2)6-8;/h4,6,8H,3H2,1-2H3;/q-1;. The Bertz CT molecular complexity index is 134. The van der Waals surface area contributed by atoms with Crippen LogP contribution in [0, 0.1) is 12.0 Å². The van der Waals surface area contributed by atoms with Crippen molar-refractivity contribution in [2.75, 3.05) is 0 Å². The molecule has 0 N–H and O–H groups in total. The van der Waals surface area contributed by atoms with E-state index in [4.69, 9.17) is 0 Å². The minimum atomic E-state index is 0. The third-order valence-electron chi connectivity index (χ3n) is 1.43. The second-order valence-electron chi connectivity index (χ2n) is 2.24. The Labute approximate surface area is 71.9 Å². The molecule has 1 rings (SSSR count). The van der Waals surface area contributed by atoms with Gasteiger partial charge in [-0.25, -0.2) is 11.6 Å². The smallest absolute Gasteiger partial charge is 0 e. The summed E-state index contributed by atoms with van der Waals surface area (Å²) in [6, 6.07) is 0. The topological polar surface area (TPSA) is 0 Å². The molecule has 0 radical (unpaired) electrons. The average Bonchev–Trinajstić information content (AvgIpc) is 2.14. The van der Waals surface area contributed by atoms with Crippen molar-refractivity contribution in [1.82, 2.24) is 0 Å². The van der Waals surface area contributed by atoms with Gasteiger partial charge in [-0.3, -0.25) is 6.08 Å². The molecular formula is C8H11Ti-. The van der Waals surface area contributed by atoms with Crippen molar-refractivity contribution in [3.63, 3.8) is 0 Å². The summed E-state index contributed by atoms with van der Waals surface area (Å²) < 4.78 is 0. The van der Waals surface area contributed by atoms with Gasteiger partial charge in [0.25, 0.3) is 0 Å². The van der Waals surface area contributed by atoms with Crippen LogP contribution in [0.25, 0.3) is 0 Å². The SMILES string of the molecule is CCC1[C-]=CC(C)=C1.[Ti]. The Morgan fingerprint density at radius 1 is 1.67 bits per heavy atom. The van der Waals surface area contributed by atoms with Crippen LogP contribution in [0.2, 0.25) is 0 Å².